The zero-order valence-corrected chi connectivity index (χ0v) is 19.3. The number of nitrogens with one attached hydrogen (secondary N) is 1. The Kier molecular flexibility index (Phi) is 7.17. The van der Waals surface area contributed by atoms with Gasteiger partial charge in [-0.25, -0.2) is 13.4 Å². The van der Waals surface area contributed by atoms with E-state index in [1.165, 1.54) is 24.3 Å². The van der Waals surface area contributed by atoms with Gasteiger partial charge in [0.05, 0.1) is 27.8 Å². The highest BCUT2D eigenvalue weighted by Gasteiger charge is 2.26. The molecule has 0 unspecified atom stereocenters. The summed E-state index contributed by atoms with van der Waals surface area (Å²) in [4.78, 5) is 18.9. The van der Waals surface area contributed by atoms with E-state index in [4.69, 9.17) is 11.6 Å². The second-order valence-corrected chi connectivity index (χ2v) is 9.30. The minimum absolute atomic E-state index is 0.0182. The van der Waals surface area contributed by atoms with Crippen LogP contribution >= 0.6 is 11.6 Å². The fourth-order valence-electron chi connectivity index (χ4n) is 3.07. The van der Waals surface area contributed by atoms with Crippen LogP contribution in [-0.2, 0) is 10.0 Å². The van der Waals surface area contributed by atoms with Crippen LogP contribution in [0.25, 0.3) is 0 Å². The molecule has 0 spiro atoms. The molecule has 0 bridgehead atoms. The fourth-order valence-corrected chi connectivity index (χ4v) is 4.86. The molecule has 32 heavy (non-hydrogen) atoms. The molecule has 0 saturated carbocycles. The summed E-state index contributed by atoms with van der Waals surface area (Å²) in [6.07, 6.45) is 3.10. The van der Waals surface area contributed by atoms with Crippen LogP contribution < -0.4 is 14.5 Å². The number of rotatable bonds is 8. The number of amides is 1. The van der Waals surface area contributed by atoms with Crippen LogP contribution in [0.15, 0.2) is 84.4 Å². The zero-order chi connectivity index (χ0) is 23.3. The zero-order valence-electron chi connectivity index (χ0n) is 17.7. The van der Waals surface area contributed by atoms with Crippen molar-refractivity contribution in [3.63, 3.8) is 0 Å². The van der Waals surface area contributed by atoms with E-state index in [0.717, 1.165) is 4.31 Å². The standard InChI is InChI=1S/C23H23ClN4O3S/c1-4-15-28(21-13-6-5-11-19(21)24)32(30,31)18-10-7-9-17(16-18)23(29)26-20-12-8-14-25-22(20)27(2)3/h4-14,16H,1,15H2,2-3H3,(H,26,29). The summed E-state index contributed by atoms with van der Waals surface area (Å²) in [5, 5.41) is 3.08. The molecule has 9 heteroatoms. The lowest BCUT2D eigenvalue weighted by atomic mass is 10.2. The first-order chi connectivity index (χ1) is 15.3. The first-order valence-corrected chi connectivity index (χ1v) is 11.5. The smallest absolute Gasteiger partial charge is 0.264 e. The van der Waals surface area contributed by atoms with Crippen molar-refractivity contribution in [3.05, 3.63) is 90.1 Å². The number of hydrogen-bond acceptors (Lipinski definition) is 5. The molecule has 3 aromatic rings. The Morgan fingerprint density at radius 3 is 2.56 bits per heavy atom. The molecular weight excluding hydrogens is 448 g/mol. The maximum Gasteiger partial charge on any atom is 0.264 e. The van der Waals surface area contributed by atoms with Crippen LogP contribution in [0.2, 0.25) is 5.02 Å². The molecular formula is C23H23ClN4O3S. The van der Waals surface area contributed by atoms with Gasteiger partial charge in [0, 0.05) is 25.9 Å². The number of para-hydroxylation sites is 1. The third-order valence-electron chi connectivity index (χ3n) is 4.56. The highest BCUT2D eigenvalue weighted by atomic mass is 35.5. The summed E-state index contributed by atoms with van der Waals surface area (Å²) in [5.41, 5.74) is 1.03. The number of nitrogens with zero attached hydrogens (tertiary/aromatic N) is 3. The summed E-state index contributed by atoms with van der Waals surface area (Å²) in [6, 6.07) is 15.9. The van der Waals surface area contributed by atoms with Gasteiger partial charge in [-0.1, -0.05) is 35.9 Å². The molecule has 0 aliphatic heterocycles. The number of carbonyl (C=O) groups excluding carboxylic acids is 1. The quantitative estimate of drug-likeness (QED) is 0.492. The van der Waals surface area contributed by atoms with Gasteiger partial charge >= 0.3 is 0 Å². The van der Waals surface area contributed by atoms with Gasteiger partial charge in [0.1, 0.15) is 0 Å². The largest absolute Gasteiger partial charge is 0.361 e. The van der Waals surface area contributed by atoms with E-state index in [2.05, 4.69) is 16.9 Å². The SMILES string of the molecule is C=CCN(c1ccccc1Cl)S(=O)(=O)c1cccc(C(=O)Nc2cccnc2N(C)C)c1. The molecule has 1 heterocycles. The van der Waals surface area contributed by atoms with E-state index in [0.29, 0.717) is 22.2 Å². The molecule has 166 valence electrons. The van der Waals surface area contributed by atoms with Crippen molar-refractivity contribution in [1.29, 1.82) is 0 Å². The van der Waals surface area contributed by atoms with E-state index in [-0.39, 0.29) is 17.0 Å². The lowest BCUT2D eigenvalue weighted by Crippen LogP contribution is -2.31. The monoisotopic (exact) mass is 470 g/mol. The van der Waals surface area contributed by atoms with Crippen molar-refractivity contribution in [3.8, 4) is 0 Å². The molecule has 0 aliphatic carbocycles. The van der Waals surface area contributed by atoms with Gasteiger partial charge in [0.2, 0.25) is 0 Å². The number of sulfonamides is 1. The first kappa shape index (κ1) is 23.3. The number of aromatic nitrogens is 1. The molecule has 1 aromatic heterocycles. The second kappa shape index (κ2) is 9.84. The molecule has 3 rings (SSSR count). The molecule has 0 fully saturated rings. The number of benzene rings is 2. The van der Waals surface area contributed by atoms with E-state index in [1.807, 2.05) is 14.1 Å². The van der Waals surface area contributed by atoms with Crippen molar-refractivity contribution >= 4 is 44.7 Å². The van der Waals surface area contributed by atoms with Crippen LogP contribution in [0.1, 0.15) is 10.4 Å². The Bertz CT molecular complexity index is 1250. The molecule has 0 atom stereocenters. The van der Waals surface area contributed by atoms with Crippen molar-refractivity contribution in [2.45, 2.75) is 4.90 Å². The average Bonchev–Trinajstić information content (AvgIpc) is 2.78. The number of halogens is 1. The van der Waals surface area contributed by atoms with E-state index >= 15 is 0 Å². The van der Waals surface area contributed by atoms with Crippen LogP contribution in [-0.4, -0.2) is 39.9 Å². The maximum absolute atomic E-state index is 13.4. The number of carbonyl (C=O) groups is 1. The Balaban J connectivity index is 1.96. The molecule has 0 radical (unpaired) electrons. The summed E-state index contributed by atoms with van der Waals surface area (Å²) in [6.45, 7) is 3.67. The minimum Gasteiger partial charge on any atom is -0.361 e. The molecule has 2 aromatic carbocycles. The summed E-state index contributed by atoms with van der Waals surface area (Å²) >= 11 is 6.25. The highest BCUT2D eigenvalue weighted by Crippen LogP contribution is 2.30. The third kappa shape index (κ3) is 4.92. The molecule has 1 N–H and O–H groups in total. The van der Waals surface area contributed by atoms with Crippen molar-refractivity contribution in [2.24, 2.45) is 0 Å². The third-order valence-corrected chi connectivity index (χ3v) is 6.65. The molecule has 0 saturated heterocycles. The predicted octanol–water partition coefficient (Wildman–Crippen LogP) is 4.43. The van der Waals surface area contributed by atoms with Gasteiger partial charge in [-0.2, -0.15) is 0 Å². The normalized spacial score (nSPS) is 11.0. The molecule has 1 amide bonds. The molecule has 7 nitrogen and oxygen atoms in total. The van der Waals surface area contributed by atoms with Gasteiger partial charge in [0.25, 0.3) is 15.9 Å². The topological polar surface area (TPSA) is 82.6 Å². The summed E-state index contributed by atoms with van der Waals surface area (Å²) in [7, 11) is -0.385. The summed E-state index contributed by atoms with van der Waals surface area (Å²) < 4.78 is 28.0. The second-order valence-electron chi connectivity index (χ2n) is 7.03. The Morgan fingerprint density at radius 2 is 1.88 bits per heavy atom. The Morgan fingerprint density at radius 1 is 1.12 bits per heavy atom. The van der Waals surface area contributed by atoms with Gasteiger partial charge in [-0.05, 0) is 42.5 Å². The van der Waals surface area contributed by atoms with Gasteiger partial charge in [-0.15, -0.1) is 6.58 Å². The minimum atomic E-state index is -4.01. The maximum atomic E-state index is 13.4. The van der Waals surface area contributed by atoms with Crippen LogP contribution in [0, 0.1) is 0 Å². The Labute approximate surface area is 193 Å². The molecule has 0 aliphatic rings. The van der Waals surface area contributed by atoms with E-state index in [1.54, 1.807) is 53.6 Å². The van der Waals surface area contributed by atoms with Crippen LogP contribution in [0.3, 0.4) is 0 Å². The van der Waals surface area contributed by atoms with Crippen molar-refractivity contribution in [2.75, 3.05) is 35.2 Å². The number of hydrogen-bond donors (Lipinski definition) is 1. The van der Waals surface area contributed by atoms with Crippen LogP contribution in [0.5, 0.6) is 0 Å². The average molecular weight is 471 g/mol. The first-order valence-electron chi connectivity index (χ1n) is 9.67. The van der Waals surface area contributed by atoms with Gasteiger partial charge < -0.3 is 10.2 Å². The van der Waals surface area contributed by atoms with Crippen molar-refractivity contribution in [1.82, 2.24) is 4.98 Å². The highest BCUT2D eigenvalue weighted by molar-refractivity contribution is 7.92. The van der Waals surface area contributed by atoms with Crippen molar-refractivity contribution < 1.29 is 13.2 Å². The van der Waals surface area contributed by atoms with Gasteiger partial charge in [0.15, 0.2) is 5.82 Å². The lowest BCUT2D eigenvalue weighted by molar-refractivity contribution is 0.102. The van der Waals surface area contributed by atoms with Crippen LogP contribution in [0.4, 0.5) is 17.2 Å². The fraction of sp³-hybridized carbons (Fsp3) is 0.130. The number of anilines is 3. The lowest BCUT2D eigenvalue weighted by Gasteiger charge is -2.24. The predicted molar refractivity (Wildman–Crippen MR) is 129 cm³/mol. The Hall–Kier alpha value is -3.36. The van der Waals surface area contributed by atoms with Gasteiger partial charge in [-0.3, -0.25) is 9.10 Å². The van der Waals surface area contributed by atoms with E-state index < -0.39 is 15.9 Å². The number of pyridine rings is 1. The van der Waals surface area contributed by atoms with E-state index in [9.17, 15) is 13.2 Å². The summed E-state index contributed by atoms with van der Waals surface area (Å²) in [5.74, 6) is 0.131.